The Morgan fingerprint density at radius 1 is 1.50 bits per heavy atom. The minimum absolute atomic E-state index is 0.396. The van der Waals surface area contributed by atoms with Crippen molar-refractivity contribution in [2.45, 2.75) is 42.5 Å². The van der Waals surface area contributed by atoms with Crippen molar-refractivity contribution in [1.82, 2.24) is 5.32 Å². The SMILES string of the molecule is CN=C1N[C@@H]2[C@@H](F)[C@@H](O)[C@@H](CC(F)(F)F)O[C@@H]2S1. The lowest BCUT2D eigenvalue weighted by Gasteiger charge is -2.37. The molecule has 0 aromatic rings. The van der Waals surface area contributed by atoms with Crippen molar-refractivity contribution in [3.05, 3.63) is 0 Å². The first-order chi connectivity index (χ1) is 8.31. The summed E-state index contributed by atoms with van der Waals surface area (Å²) in [6, 6.07) is -0.867. The third-order valence-corrected chi connectivity index (χ3v) is 3.97. The van der Waals surface area contributed by atoms with Gasteiger partial charge in [0.15, 0.2) is 11.3 Å². The number of halogens is 4. The third kappa shape index (κ3) is 2.72. The maximum absolute atomic E-state index is 13.8. The van der Waals surface area contributed by atoms with Gasteiger partial charge in [-0.15, -0.1) is 0 Å². The van der Waals surface area contributed by atoms with Crippen molar-refractivity contribution in [1.29, 1.82) is 0 Å². The fraction of sp³-hybridized carbons (Fsp3) is 0.889. The molecule has 18 heavy (non-hydrogen) atoms. The molecule has 2 fully saturated rings. The zero-order valence-electron chi connectivity index (χ0n) is 9.32. The van der Waals surface area contributed by atoms with Gasteiger partial charge in [0.2, 0.25) is 0 Å². The normalized spacial score (nSPS) is 42.8. The number of aliphatic hydroxyl groups excluding tert-OH is 1. The summed E-state index contributed by atoms with van der Waals surface area (Å²) in [4.78, 5) is 3.79. The molecule has 2 rings (SSSR count). The van der Waals surface area contributed by atoms with Crippen molar-refractivity contribution in [3.63, 3.8) is 0 Å². The van der Waals surface area contributed by atoms with Gasteiger partial charge in [-0.3, -0.25) is 4.99 Å². The van der Waals surface area contributed by atoms with Crippen LogP contribution in [-0.4, -0.2) is 53.4 Å². The van der Waals surface area contributed by atoms with E-state index in [1.165, 1.54) is 7.05 Å². The molecule has 0 radical (unpaired) electrons. The first-order valence-electron chi connectivity index (χ1n) is 5.26. The molecule has 4 nitrogen and oxygen atoms in total. The smallest absolute Gasteiger partial charge is 0.387 e. The second-order valence-electron chi connectivity index (χ2n) is 4.11. The zero-order valence-corrected chi connectivity index (χ0v) is 10.1. The average molecular weight is 288 g/mol. The lowest BCUT2D eigenvalue weighted by atomic mass is 9.97. The lowest BCUT2D eigenvalue weighted by Crippen LogP contribution is -2.57. The largest absolute Gasteiger partial charge is 0.391 e. The van der Waals surface area contributed by atoms with E-state index < -0.39 is 42.5 Å². The van der Waals surface area contributed by atoms with Gasteiger partial charge in [0.1, 0.15) is 11.5 Å². The highest BCUT2D eigenvalue weighted by Gasteiger charge is 2.52. The number of hydrogen-bond donors (Lipinski definition) is 2. The number of nitrogens with zero attached hydrogens (tertiary/aromatic N) is 1. The van der Waals surface area contributed by atoms with Gasteiger partial charge in [-0.1, -0.05) is 11.8 Å². The molecule has 104 valence electrons. The first kappa shape index (κ1) is 13.9. The van der Waals surface area contributed by atoms with Crippen molar-refractivity contribution >= 4 is 16.9 Å². The van der Waals surface area contributed by atoms with E-state index >= 15 is 0 Å². The molecule has 0 aliphatic carbocycles. The molecule has 0 unspecified atom stereocenters. The topological polar surface area (TPSA) is 53.9 Å². The Hall–Kier alpha value is -0.540. The Kier molecular flexibility index (Phi) is 3.75. The number of fused-ring (bicyclic) bond motifs is 1. The molecule has 9 heteroatoms. The molecule has 5 atom stereocenters. The minimum atomic E-state index is -4.50. The number of thioether (sulfide) groups is 1. The van der Waals surface area contributed by atoms with Crippen molar-refractivity contribution in [3.8, 4) is 0 Å². The number of rotatable bonds is 1. The number of amidine groups is 1. The summed E-state index contributed by atoms with van der Waals surface area (Å²) in [5.74, 6) is 0. The fourth-order valence-electron chi connectivity index (χ4n) is 1.95. The fourth-order valence-corrected chi connectivity index (χ4v) is 3.05. The zero-order chi connectivity index (χ0) is 13.5. The minimum Gasteiger partial charge on any atom is -0.387 e. The number of hydrogen-bond acceptors (Lipinski definition) is 4. The monoisotopic (exact) mass is 288 g/mol. The van der Waals surface area contributed by atoms with E-state index in [1.54, 1.807) is 0 Å². The van der Waals surface area contributed by atoms with Gasteiger partial charge in [-0.2, -0.15) is 13.2 Å². The summed E-state index contributed by atoms with van der Waals surface area (Å²) in [6.45, 7) is 0. The Labute approximate surface area is 105 Å². The predicted octanol–water partition coefficient (Wildman–Crippen LogP) is 1.05. The van der Waals surface area contributed by atoms with Crippen LogP contribution in [0.1, 0.15) is 6.42 Å². The van der Waals surface area contributed by atoms with Gasteiger partial charge in [0.25, 0.3) is 0 Å². The van der Waals surface area contributed by atoms with Gasteiger partial charge in [0, 0.05) is 7.05 Å². The van der Waals surface area contributed by atoms with Crippen LogP contribution in [0.2, 0.25) is 0 Å². The van der Waals surface area contributed by atoms with Crippen LogP contribution in [0.5, 0.6) is 0 Å². The van der Waals surface area contributed by atoms with Gasteiger partial charge in [-0.25, -0.2) is 4.39 Å². The van der Waals surface area contributed by atoms with Crippen LogP contribution in [0.25, 0.3) is 0 Å². The van der Waals surface area contributed by atoms with E-state index in [-0.39, 0.29) is 0 Å². The predicted molar refractivity (Wildman–Crippen MR) is 58.1 cm³/mol. The van der Waals surface area contributed by atoms with Gasteiger partial charge >= 0.3 is 6.18 Å². The van der Waals surface area contributed by atoms with Crippen LogP contribution in [-0.2, 0) is 4.74 Å². The van der Waals surface area contributed by atoms with Crippen LogP contribution in [0.4, 0.5) is 17.6 Å². The number of nitrogens with one attached hydrogen (secondary N) is 1. The van der Waals surface area contributed by atoms with E-state index in [2.05, 4.69) is 10.3 Å². The summed E-state index contributed by atoms with van der Waals surface area (Å²) in [5, 5.41) is 12.6. The number of aliphatic hydroxyl groups is 1. The van der Waals surface area contributed by atoms with Crippen LogP contribution >= 0.6 is 11.8 Å². The molecule has 0 saturated carbocycles. The van der Waals surface area contributed by atoms with Crippen molar-refractivity contribution in [2.75, 3.05) is 7.05 Å². The molecule has 0 amide bonds. The van der Waals surface area contributed by atoms with Crippen LogP contribution in [0.3, 0.4) is 0 Å². The van der Waals surface area contributed by atoms with Crippen LogP contribution < -0.4 is 5.32 Å². The highest BCUT2D eigenvalue weighted by Crippen LogP contribution is 2.38. The molecule has 2 saturated heterocycles. The number of alkyl halides is 4. The maximum Gasteiger partial charge on any atom is 0.391 e. The Morgan fingerprint density at radius 3 is 2.72 bits per heavy atom. The molecule has 2 heterocycles. The molecule has 0 bridgehead atoms. The second-order valence-corrected chi connectivity index (χ2v) is 5.20. The maximum atomic E-state index is 13.8. The Morgan fingerprint density at radius 2 is 2.17 bits per heavy atom. The van der Waals surface area contributed by atoms with Crippen LogP contribution in [0, 0.1) is 0 Å². The molecule has 2 N–H and O–H groups in total. The van der Waals surface area contributed by atoms with Gasteiger partial charge in [-0.05, 0) is 0 Å². The van der Waals surface area contributed by atoms with E-state index in [4.69, 9.17) is 4.74 Å². The van der Waals surface area contributed by atoms with Crippen molar-refractivity contribution in [2.24, 2.45) is 4.99 Å². The molecule has 0 aromatic heterocycles. The standard InChI is InChI=1S/C9H12F4N2O2S/c1-14-8-15-5-4(10)6(16)3(2-9(11,12)13)17-7(5)18-8/h3-7,16H,2H2,1H3,(H,14,15)/t3-,4-,5-,6+,7-/m1/s1. The van der Waals surface area contributed by atoms with E-state index in [1.807, 2.05) is 0 Å². The molecular formula is C9H12F4N2O2S. The summed E-state index contributed by atoms with van der Waals surface area (Å²) in [7, 11) is 1.48. The van der Waals surface area contributed by atoms with Gasteiger partial charge in [0.05, 0.1) is 18.6 Å². The number of aliphatic imine (C=N–C) groups is 1. The molecule has 0 aromatic carbocycles. The highest BCUT2D eigenvalue weighted by atomic mass is 32.2. The average Bonchev–Trinajstić information content (AvgIpc) is 2.67. The lowest BCUT2D eigenvalue weighted by molar-refractivity contribution is -0.202. The third-order valence-electron chi connectivity index (χ3n) is 2.81. The Balaban J connectivity index is 2.10. The molecule has 2 aliphatic rings. The first-order valence-corrected chi connectivity index (χ1v) is 6.14. The summed E-state index contributed by atoms with van der Waals surface area (Å²) in [6.07, 6.45) is -11.1. The number of ether oxygens (including phenoxy) is 1. The van der Waals surface area contributed by atoms with Crippen molar-refractivity contribution < 1.29 is 27.4 Å². The molecular weight excluding hydrogens is 276 g/mol. The molecule has 0 spiro atoms. The Bertz CT molecular complexity index is 352. The second kappa shape index (κ2) is 4.86. The quantitative estimate of drug-likeness (QED) is 0.708. The summed E-state index contributed by atoms with van der Waals surface area (Å²) >= 11 is 1.03. The highest BCUT2D eigenvalue weighted by molar-refractivity contribution is 8.14. The van der Waals surface area contributed by atoms with Gasteiger partial charge < -0.3 is 15.2 Å². The summed E-state index contributed by atoms with van der Waals surface area (Å²) < 4.78 is 55.8. The van der Waals surface area contributed by atoms with E-state index in [0.29, 0.717) is 5.17 Å². The molecule has 2 aliphatic heterocycles. The van der Waals surface area contributed by atoms with Crippen LogP contribution in [0.15, 0.2) is 4.99 Å². The van der Waals surface area contributed by atoms with E-state index in [9.17, 15) is 22.7 Å². The van der Waals surface area contributed by atoms with E-state index in [0.717, 1.165) is 11.8 Å². The summed E-state index contributed by atoms with van der Waals surface area (Å²) in [5.41, 5.74) is -0.797.